The first-order valence-corrected chi connectivity index (χ1v) is 7.65. The van der Waals surface area contributed by atoms with Crippen molar-refractivity contribution in [3.63, 3.8) is 0 Å². The molecule has 21 heavy (non-hydrogen) atoms. The average molecular weight is 351 g/mol. The number of nitrogens with zero attached hydrogens (tertiary/aromatic N) is 4. The third-order valence-corrected chi connectivity index (χ3v) is 4.24. The second-order valence-corrected chi connectivity index (χ2v) is 6.09. The number of hydrogen-bond donors (Lipinski definition) is 0. The van der Waals surface area contributed by atoms with Crippen LogP contribution < -0.4 is 4.90 Å². The molecule has 6 nitrogen and oxygen atoms in total. The molecule has 2 saturated heterocycles. The molecule has 0 bridgehead atoms. The summed E-state index contributed by atoms with van der Waals surface area (Å²) in [4.78, 5) is 20.5. The van der Waals surface area contributed by atoms with E-state index in [1.54, 1.807) is 12.3 Å². The summed E-state index contributed by atoms with van der Waals surface area (Å²) in [5, 5.41) is 9.16. The summed E-state index contributed by atoms with van der Waals surface area (Å²) < 4.78 is 6.04. The minimum Gasteiger partial charge on any atom is -0.378 e. The summed E-state index contributed by atoms with van der Waals surface area (Å²) in [7, 11) is 0. The molecule has 7 heteroatoms. The molecule has 3 heterocycles. The lowest BCUT2D eigenvalue weighted by Crippen LogP contribution is -2.56. The van der Waals surface area contributed by atoms with Gasteiger partial charge in [0.25, 0.3) is 0 Å². The Kier molecular flexibility index (Phi) is 4.08. The van der Waals surface area contributed by atoms with Gasteiger partial charge in [0, 0.05) is 36.8 Å². The van der Waals surface area contributed by atoms with E-state index in [0.29, 0.717) is 50.8 Å². The fourth-order valence-corrected chi connectivity index (χ4v) is 2.95. The minimum absolute atomic E-state index is 0.0000830. The number of pyridine rings is 1. The number of carbonyl (C=O) groups is 1. The van der Waals surface area contributed by atoms with Crippen LogP contribution in [0.5, 0.6) is 0 Å². The number of nitriles is 1. The van der Waals surface area contributed by atoms with Crippen molar-refractivity contribution in [3.05, 3.63) is 22.3 Å². The van der Waals surface area contributed by atoms with Crippen LogP contribution in [0, 0.1) is 17.2 Å². The molecule has 2 fully saturated rings. The number of anilines is 1. The molecule has 0 atom stereocenters. The van der Waals surface area contributed by atoms with E-state index >= 15 is 0 Å². The molecule has 110 valence electrons. The second kappa shape index (κ2) is 6.00. The van der Waals surface area contributed by atoms with Crippen molar-refractivity contribution < 1.29 is 9.53 Å². The van der Waals surface area contributed by atoms with Gasteiger partial charge in [-0.25, -0.2) is 4.98 Å². The zero-order chi connectivity index (χ0) is 14.8. The monoisotopic (exact) mass is 350 g/mol. The lowest BCUT2D eigenvalue weighted by atomic mass is 9.97. The molecule has 2 aliphatic rings. The van der Waals surface area contributed by atoms with Crippen molar-refractivity contribution >= 4 is 27.7 Å². The lowest BCUT2D eigenvalue weighted by molar-refractivity contribution is -0.140. The number of aromatic nitrogens is 1. The van der Waals surface area contributed by atoms with Crippen LogP contribution >= 0.6 is 15.9 Å². The van der Waals surface area contributed by atoms with Gasteiger partial charge in [0.1, 0.15) is 11.9 Å². The summed E-state index contributed by atoms with van der Waals surface area (Å²) in [6.45, 7) is 3.84. The molecule has 0 N–H and O–H groups in total. The largest absolute Gasteiger partial charge is 0.378 e. The van der Waals surface area contributed by atoms with Gasteiger partial charge >= 0.3 is 0 Å². The molecular weight excluding hydrogens is 336 g/mol. The van der Waals surface area contributed by atoms with Gasteiger partial charge in [0.2, 0.25) is 5.91 Å². The van der Waals surface area contributed by atoms with Crippen LogP contribution in [0.25, 0.3) is 0 Å². The molecule has 0 unspecified atom stereocenters. The van der Waals surface area contributed by atoms with E-state index in [4.69, 9.17) is 10.00 Å². The van der Waals surface area contributed by atoms with Gasteiger partial charge in [-0.15, -0.1) is 0 Å². The smallest absolute Gasteiger partial charge is 0.229 e. The molecule has 3 rings (SSSR count). The van der Waals surface area contributed by atoms with Crippen LogP contribution in [0.4, 0.5) is 5.82 Å². The number of amides is 1. The zero-order valence-electron chi connectivity index (χ0n) is 11.5. The highest BCUT2D eigenvalue weighted by Gasteiger charge is 2.37. The average Bonchev–Trinajstić information content (AvgIpc) is 2.47. The molecule has 0 radical (unpaired) electrons. The van der Waals surface area contributed by atoms with Crippen molar-refractivity contribution in [1.29, 1.82) is 5.26 Å². The minimum atomic E-state index is 0.0000830. The SMILES string of the molecule is N#Cc1cc(Br)cnc1N1CC(C(=O)N2CCOCC2)C1. The third kappa shape index (κ3) is 2.87. The fraction of sp³-hybridized carbons (Fsp3) is 0.500. The zero-order valence-corrected chi connectivity index (χ0v) is 13.0. The quantitative estimate of drug-likeness (QED) is 0.796. The first-order valence-electron chi connectivity index (χ1n) is 6.86. The number of carbonyl (C=O) groups excluding carboxylic acids is 1. The first kappa shape index (κ1) is 14.3. The summed E-state index contributed by atoms with van der Waals surface area (Å²) >= 11 is 3.31. The van der Waals surface area contributed by atoms with Crippen LogP contribution in [0.2, 0.25) is 0 Å². The van der Waals surface area contributed by atoms with E-state index in [1.807, 2.05) is 9.80 Å². The molecule has 1 aromatic rings. The molecule has 2 aliphatic heterocycles. The van der Waals surface area contributed by atoms with E-state index < -0.39 is 0 Å². The van der Waals surface area contributed by atoms with Crippen LogP contribution in [-0.4, -0.2) is 55.2 Å². The number of morpholine rings is 1. The number of halogens is 1. The van der Waals surface area contributed by atoms with Crippen molar-refractivity contribution in [3.8, 4) is 6.07 Å². The molecule has 0 aromatic carbocycles. The number of rotatable bonds is 2. The summed E-state index contributed by atoms with van der Waals surface area (Å²) in [5.41, 5.74) is 0.529. The summed E-state index contributed by atoms with van der Waals surface area (Å²) in [6, 6.07) is 3.90. The predicted molar refractivity (Wildman–Crippen MR) is 79.8 cm³/mol. The lowest BCUT2D eigenvalue weighted by Gasteiger charge is -2.42. The predicted octanol–water partition coefficient (Wildman–Crippen LogP) is 1.01. The standard InChI is InChI=1S/C14H15BrN4O2/c15-12-5-10(6-16)13(17-7-12)19-8-11(9-19)14(20)18-1-3-21-4-2-18/h5,7,11H,1-4,8-9H2. The third-order valence-electron chi connectivity index (χ3n) is 3.81. The topological polar surface area (TPSA) is 69.5 Å². The number of hydrogen-bond acceptors (Lipinski definition) is 5. The van der Waals surface area contributed by atoms with E-state index in [-0.39, 0.29) is 11.8 Å². The maximum absolute atomic E-state index is 12.3. The summed E-state index contributed by atoms with van der Waals surface area (Å²) in [6.07, 6.45) is 1.67. The second-order valence-electron chi connectivity index (χ2n) is 5.18. The Morgan fingerprint density at radius 3 is 2.81 bits per heavy atom. The molecular formula is C14H15BrN4O2. The normalized spacial score (nSPS) is 19.0. The first-order chi connectivity index (χ1) is 10.2. The van der Waals surface area contributed by atoms with Crippen LogP contribution in [0.3, 0.4) is 0 Å². The van der Waals surface area contributed by atoms with Gasteiger partial charge in [-0.05, 0) is 22.0 Å². The van der Waals surface area contributed by atoms with Crippen LogP contribution in [0.15, 0.2) is 16.7 Å². The molecule has 0 aliphatic carbocycles. The Hall–Kier alpha value is -1.65. The van der Waals surface area contributed by atoms with Gasteiger partial charge in [-0.2, -0.15) is 5.26 Å². The summed E-state index contributed by atoms with van der Waals surface area (Å²) in [5.74, 6) is 0.844. The Balaban J connectivity index is 1.63. The van der Waals surface area contributed by atoms with Gasteiger partial charge in [0.05, 0.1) is 24.7 Å². The van der Waals surface area contributed by atoms with Gasteiger partial charge in [-0.3, -0.25) is 4.79 Å². The highest BCUT2D eigenvalue weighted by molar-refractivity contribution is 9.10. The van der Waals surface area contributed by atoms with Gasteiger partial charge in [0.15, 0.2) is 0 Å². The maximum atomic E-state index is 12.3. The highest BCUT2D eigenvalue weighted by Crippen LogP contribution is 2.28. The van der Waals surface area contributed by atoms with Crippen molar-refractivity contribution in [1.82, 2.24) is 9.88 Å². The van der Waals surface area contributed by atoms with E-state index in [0.717, 1.165) is 4.47 Å². The van der Waals surface area contributed by atoms with Crippen LogP contribution in [-0.2, 0) is 9.53 Å². The molecule has 1 amide bonds. The van der Waals surface area contributed by atoms with E-state index in [1.165, 1.54) is 0 Å². The van der Waals surface area contributed by atoms with Gasteiger partial charge in [-0.1, -0.05) is 0 Å². The van der Waals surface area contributed by atoms with Crippen molar-refractivity contribution in [2.75, 3.05) is 44.3 Å². The molecule has 1 aromatic heterocycles. The molecule has 0 saturated carbocycles. The number of ether oxygens (including phenoxy) is 1. The fourth-order valence-electron chi connectivity index (χ4n) is 2.62. The Morgan fingerprint density at radius 2 is 2.14 bits per heavy atom. The molecule has 0 spiro atoms. The van der Waals surface area contributed by atoms with E-state index in [2.05, 4.69) is 27.0 Å². The Labute approximate surface area is 131 Å². The van der Waals surface area contributed by atoms with Crippen molar-refractivity contribution in [2.45, 2.75) is 0 Å². The van der Waals surface area contributed by atoms with Crippen LogP contribution in [0.1, 0.15) is 5.56 Å². The van der Waals surface area contributed by atoms with E-state index in [9.17, 15) is 4.79 Å². The Bertz CT molecular complexity index is 589. The Morgan fingerprint density at radius 1 is 1.43 bits per heavy atom. The van der Waals surface area contributed by atoms with Crippen molar-refractivity contribution in [2.24, 2.45) is 5.92 Å². The maximum Gasteiger partial charge on any atom is 0.229 e. The van der Waals surface area contributed by atoms with Gasteiger partial charge < -0.3 is 14.5 Å². The highest BCUT2D eigenvalue weighted by atomic mass is 79.9.